The summed E-state index contributed by atoms with van der Waals surface area (Å²) in [6, 6.07) is 10.3. The van der Waals surface area contributed by atoms with E-state index in [2.05, 4.69) is 11.0 Å². The number of benzene rings is 1. The molecular weight excluding hydrogens is 238 g/mol. The van der Waals surface area contributed by atoms with Gasteiger partial charge in [-0.15, -0.1) is 0 Å². The van der Waals surface area contributed by atoms with Crippen molar-refractivity contribution < 1.29 is 4.79 Å². The van der Waals surface area contributed by atoms with Crippen LogP contribution >= 0.6 is 0 Å². The van der Waals surface area contributed by atoms with Gasteiger partial charge in [-0.1, -0.05) is 12.1 Å². The molecule has 3 rings (SSSR count). The normalized spacial score (nSPS) is 23.2. The Hall–Kier alpha value is -1.86. The van der Waals surface area contributed by atoms with E-state index < -0.39 is 0 Å². The van der Waals surface area contributed by atoms with Crippen molar-refractivity contribution in [1.29, 1.82) is 5.26 Å². The molecule has 2 heterocycles. The SMILES string of the molecule is N#Cc1ccc(CN2CCN3C(=O)CCC3C2)cc1. The van der Waals surface area contributed by atoms with Crippen molar-refractivity contribution in [1.82, 2.24) is 9.80 Å². The van der Waals surface area contributed by atoms with Crippen LogP contribution in [0.3, 0.4) is 0 Å². The standard InChI is InChI=1S/C15H17N3O/c16-9-12-1-3-13(4-2-12)10-17-7-8-18-14(11-17)5-6-15(18)19/h1-4,14H,5-8,10-11H2. The van der Waals surface area contributed by atoms with Gasteiger partial charge in [-0.2, -0.15) is 5.26 Å². The summed E-state index contributed by atoms with van der Waals surface area (Å²) in [5.41, 5.74) is 1.94. The predicted molar refractivity (Wildman–Crippen MR) is 71.2 cm³/mol. The number of nitriles is 1. The molecule has 2 saturated heterocycles. The van der Waals surface area contributed by atoms with E-state index in [9.17, 15) is 4.79 Å². The summed E-state index contributed by atoms with van der Waals surface area (Å²) >= 11 is 0. The van der Waals surface area contributed by atoms with Crippen molar-refractivity contribution in [2.75, 3.05) is 19.6 Å². The molecule has 0 aromatic heterocycles. The number of carbonyl (C=O) groups is 1. The first-order valence-electron chi connectivity index (χ1n) is 6.77. The Morgan fingerprint density at radius 3 is 2.79 bits per heavy atom. The second-order valence-corrected chi connectivity index (χ2v) is 5.32. The predicted octanol–water partition coefficient (Wildman–Crippen LogP) is 1.36. The topological polar surface area (TPSA) is 47.3 Å². The molecule has 4 nitrogen and oxygen atoms in total. The van der Waals surface area contributed by atoms with Crippen LogP contribution in [0.1, 0.15) is 24.0 Å². The summed E-state index contributed by atoms with van der Waals surface area (Å²) in [5, 5.41) is 8.78. The fourth-order valence-corrected chi connectivity index (χ4v) is 3.02. The molecule has 0 spiro atoms. The van der Waals surface area contributed by atoms with Crippen LogP contribution in [0.15, 0.2) is 24.3 Å². The molecule has 98 valence electrons. The average molecular weight is 255 g/mol. The maximum atomic E-state index is 11.6. The van der Waals surface area contributed by atoms with E-state index in [1.165, 1.54) is 5.56 Å². The first-order valence-corrected chi connectivity index (χ1v) is 6.77. The second-order valence-electron chi connectivity index (χ2n) is 5.32. The van der Waals surface area contributed by atoms with Crippen LogP contribution in [-0.2, 0) is 11.3 Å². The van der Waals surface area contributed by atoms with Gasteiger partial charge in [-0.25, -0.2) is 0 Å². The zero-order chi connectivity index (χ0) is 13.2. The zero-order valence-electron chi connectivity index (χ0n) is 10.9. The molecule has 1 aromatic rings. The summed E-state index contributed by atoms with van der Waals surface area (Å²) in [5.74, 6) is 0.322. The van der Waals surface area contributed by atoms with E-state index in [0.29, 0.717) is 17.5 Å². The molecule has 0 N–H and O–H groups in total. The van der Waals surface area contributed by atoms with Crippen molar-refractivity contribution in [3.63, 3.8) is 0 Å². The van der Waals surface area contributed by atoms with Gasteiger partial charge in [-0.3, -0.25) is 9.69 Å². The lowest BCUT2D eigenvalue weighted by atomic mass is 10.1. The minimum atomic E-state index is 0.322. The molecule has 2 aliphatic heterocycles. The lowest BCUT2D eigenvalue weighted by Gasteiger charge is -2.37. The Balaban J connectivity index is 1.62. The van der Waals surface area contributed by atoms with Gasteiger partial charge in [0.1, 0.15) is 0 Å². The highest BCUT2D eigenvalue weighted by atomic mass is 16.2. The average Bonchev–Trinajstić information content (AvgIpc) is 2.81. The fourth-order valence-electron chi connectivity index (χ4n) is 3.02. The highest BCUT2D eigenvalue weighted by Crippen LogP contribution is 2.23. The van der Waals surface area contributed by atoms with Gasteiger partial charge in [0.15, 0.2) is 0 Å². The molecular formula is C15H17N3O. The largest absolute Gasteiger partial charge is 0.337 e. The van der Waals surface area contributed by atoms with Crippen LogP contribution < -0.4 is 0 Å². The number of carbonyl (C=O) groups excluding carboxylic acids is 1. The van der Waals surface area contributed by atoms with Gasteiger partial charge in [0.25, 0.3) is 0 Å². The summed E-state index contributed by atoms with van der Waals surface area (Å²) in [6.45, 7) is 3.69. The van der Waals surface area contributed by atoms with E-state index in [1.807, 2.05) is 29.2 Å². The molecule has 1 unspecified atom stereocenters. The third-order valence-electron chi connectivity index (χ3n) is 4.07. The maximum Gasteiger partial charge on any atom is 0.222 e. The van der Waals surface area contributed by atoms with E-state index >= 15 is 0 Å². The van der Waals surface area contributed by atoms with Crippen molar-refractivity contribution in [2.24, 2.45) is 0 Å². The molecule has 1 atom stereocenters. The van der Waals surface area contributed by atoms with Gasteiger partial charge >= 0.3 is 0 Å². The quantitative estimate of drug-likeness (QED) is 0.801. The molecule has 2 fully saturated rings. The number of hydrogen-bond donors (Lipinski definition) is 0. The highest BCUT2D eigenvalue weighted by molar-refractivity contribution is 5.78. The van der Waals surface area contributed by atoms with E-state index in [1.54, 1.807) is 0 Å². The maximum absolute atomic E-state index is 11.6. The third kappa shape index (κ3) is 2.47. The van der Waals surface area contributed by atoms with E-state index in [4.69, 9.17) is 5.26 Å². The zero-order valence-corrected chi connectivity index (χ0v) is 10.9. The molecule has 0 radical (unpaired) electrons. The minimum absolute atomic E-state index is 0.322. The number of fused-ring (bicyclic) bond motifs is 1. The van der Waals surface area contributed by atoms with E-state index in [-0.39, 0.29) is 0 Å². The number of rotatable bonds is 2. The van der Waals surface area contributed by atoms with Gasteiger partial charge in [0.05, 0.1) is 11.6 Å². The lowest BCUT2D eigenvalue weighted by molar-refractivity contribution is -0.130. The van der Waals surface area contributed by atoms with Crippen LogP contribution in [0.2, 0.25) is 0 Å². The Morgan fingerprint density at radius 1 is 1.26 bits per heavy atom. The summed E-state index contributed by atoms with van der Waals surface area (Å²) in [4.78, 5) is 16.1. The molecule has 19 heavy (non-hydrogen) atoms. The number of piperazine rings is 1. The molecule has 2 aliphatic rings. The summed E-state index contributed by atoms with van der Waals surface area (Å²) in [6.07, 6.45) is 1.72. The van der Waals surface area contributed by atoms with Gasteiger partial charge in [0, 0.05) is 38.6 Å². The molecule has 0 aliphatic carbocycles. The molecule has 0 saturated carbocycles. The van der Waals surface area contributed by atoms with Crippen molar-refractivity contribution >= 4 is 5.91 Å². The third-order valence-corrected chi connectivity index (χ3v) is 4.07. The monoisotopic (exact) mass is 255 g/mol. The van der Waals surface area contributed by atoms with Crippen molar-refractivity contribution in [3.05, 3.63) is 35.4 Å². The fraction of sp³-hybridized carbons (Fsp3) is 0.467. The summed E-state index contributed by atoms with van der Waals surface area (Å²) < 4.78 is 0. The Morgan fingerprint density at radius 2 is 2.05 bits per heavy atom. The number of hydrogen-bond acceptors (Lipinski definition) is 3. The number of nitrogens with zero attached hydrogens (tertiary/aromatic N) is 3. The molecule has 1 amide bonds. The first-order chi connectivity index (χ1) is 9.26. The van der Waals surface area contributed by atoms with Crippen LogP contribution in [0.5, 0.6) is 0 Å². The smallest absolute Gasteiger partial charge is 0.222 e. The minimum Gasteiger partial charge on any atom is -0.337 e. The van der Waals surface area contributed by atoms with E-state index in [0.717, 1.165) is 39.0 Å². The first kappa shape index (κ1) is 12.2. The molecule has 0 bridgehead atoms. The highest BCUT2D eigenvalue weighted by Gasteiger charge is 2.35. The van der Waals surface area contributed by atoms with Crippen LogP contribution in [0, 0.1) is 11.3 Å². The Labute approximate surface area is 113 Å². The Bertz CT molecular complexity index is 517. The second kappa shape index (κ2) is 5.02. The van der Waals surface area contributed by atoms with Gasteiger partial charge < -0.3 is 4.90 Å². The van der Waals surface area contributed by atoms with Crippen LogP contribution in [-0.4, -0.2) is 41.4 Å². The van der Waals surface area contributed by atoms with Crippen LogP contribution in [0.4, 0.5) is 0 Å². The Kier molecular flexibility index (Phi) is 3.22. The lowest BCUT2D eigenvalue weighted by Crippen LogP contribution is -2.50. The van der Waals surface area contributed by atoms with Gasteiger partial charge in [0.2, 0.25) is 5.91 Å². The molecule has 1 aromatic carbocycles. The van der Waals surface area contributed by atoms with Gasteiger partial charge in [-0.05, 0) is 24.1 Å². The van der Waals surface area contributed by atoms with Crippen molar-refractivity contribution in [2.45, 2.75) is 25.4 Å². The van der Waals surface area contributed by atoms with Crippen molar-refractivity contribution in [3.8, 4) is 6.07 Å². The van der Waals surface area contributed by atoms with Crippen LogP contribution in [0.25, 0.3) is 0 Å². The molecule has 4 heteroatoms. The number of amides is 1. The summed E-state index contributed by atoms with van der Waals surface area (Å²) in [7, 11) is 0.